The molecule has 1 aliphatic carbocycles. The number of carbonyl (C=O) groups excluding carboxylic acids is 2. The first kappa shape index (κ1) is 20.2. The summed E-state index contributed by atoms with van der Waals surface area (Å²) in [4.78, 5) is 25.2. The van der Waals surface area contributed by atoms with E-state index in [2.05, 4.69) is 46.3 Å². The summed E-state index contributed by atoms with van der Waals surface area (Å²) < 4.78 is 4.12. The molecule has 0 radical (unpaired) electrons. The second-order valence-corrected chi connectivity index (χ2v) is 7.82. The number of Topliss-reactive ketones (excluding diaryl/α,β-unsaturated/α-hetero) is 1. The van der Waals surface area contributed by atoms with Crippen molar-refractivity contribution in [3.05, 3.63) is 75.2 Å². The number of benzene rings is 1. The summed E-state index contributed by atoms with van der Waals surface area (Å²) in [6.45, 7) is 4.35. The number of hydrogen-bond donors (Lipinski definition) is 0. The average Bonchev–Trinajstić information content (AvgIpc) is 3.15. The predicted molar refractivity (Wildman–Crippen MR) is 114 cm³/mol. The number of nitrogens with zero attached hydrogens (tertiary/aromatic N) is 1. The quantitative estimate of drug-likeness (QED) is 0.546. The number of likely N-dealkylation sites (tertiary alicyclic amines) is 1. The van der Waals surface area contributed by atoms with Gasteiger partial charge in [0, 0.05) is 25.1 Å². The number of hydrogen-bond acceptors (Lipinski definition) is 5. The lowest BCUT2D eigenvalue weighted by molar-refractivity contribution is -0.123. The number of rotatable bonds is 2. The third kappa shape index (κ3) is 4.49. The first-order valence-corrected chi connectivity index (χ1v) is 10.3. The summed E-state index contributed by atoms with van der Waals surface area (Å²) in [5, 5.41) is 2.06. The van der Waals surface area contributed by atoms with Crippen LogP contribution in [0.1, 0.15) is 46.1 Å². The van der Waals surface area contributed by atoms with Crippen molar-refractivity contribution in [3.63, 3.8) is 0 Å². The van der Waals surface area contributed by atoms with Crippen molar-refractivity contribution in [2.75, 3.05) is 20.1 Å². The van der Waals surface area contributed by atoms with Gasteiger partial charge in [-0.05, 0) is 55.0 Å². The molecule has 0 amide bonds. The fourth-order valence-corrected chi connectivity index (χ4v) is 4.51. The molecule has 28 heavy (non-hydrogen) atoms. The van der Waals surface area contributed by atoms with Gasteiger partial charge < -0.3 is 9.64 Å². The molecule has 2 aliphatic rings. The molecule has 1 aromatic heterocycles. The summed E-state index contributed by atoms with van der Waals surface area (Å²) in [7, 11) is 2.18. The zero-order valence-electron chi connectivity index (χ0n) is 16.3. The van der Waals surface area contributed by atoms with E-state index < -0.39 is 0 Å². The molecule has 0 N–H and O–H groups in total. The van der Waals surface area contributed by atoms with Crippen molar-refractivity contribution in [1.82, 2.24) is 4.90 Å². The number of ketones is 1. The summed E-state index contributed by atoms with van der Waals surface area (Å²) in [5.41, 5.74) is 6.47. The zero-order chi connectivity index (χ0) is 19.9. The van der Waals surface area contributed by atoms with Crippen molar-refractivity contribution < 1.29 is 14.3 Å². The third-order valence-electron chi connectivity index (χ3n) is 5.04. The number of thiophene rings is 1. The lowest BCUT2D eigenvalue weighted by Gasteiger charge is -2.27. The number of ether oxygens (including phenoxy) is 1. The standard InChI is InChI=1S/C19H19NOS.C4H6O2/c1-20-9-6-13(7-10-20)18-15-5-3-2-4-14(15)12-17(21)19-16(18)8-11-22-19;1-2-3-6-4-5/h2-5,8,11H,6-7,9-10,12H2,1H3;2-4H,1H3/b;3-2+. The maximum atomic E-state index is 12.6. The van der Waals surface area contributed by atoms with Crippen LogP contribution in [0.25, 0.3) is 5.57 Å². The van der Waals surface area contributed by atoms with E-state index >= 15 is 0 Å². The minimum atomic E-state index is 0.265. The van der Waals surface area contributed by atoms with Crippen LogP contribution in [0.15, 0.2) is 53.6 Å². The number of fused-ring (bicyclic) bond motifs is 2. The minimum absolute atomic E-state index is 0.265. The first-order chi connectivity index (χ1) is 13.7. The number of piperidine rings is 1. The van der Waals surface area contributed by atoms with Gasteiger partial charge in [-0.15, -0.1) is 11.3 Å². The Labute approximate surface area is 170 Å². The Bertz CT molecular complexity index is 900. The van der Waals surface area contributed by atoms with Gasteiger partial charge in [0.05, 0.1) is 11.1 Å². The predicted octanol–water partition coefficient (Wildman–Crippen LogP) is 4.71. The highest BCUT2D eigenvalue weighted by atomic mass is 32.1. The molecule has 1 aromatic carbocycles. The van der Waals surface area contributed by atoms with Crippen LogP contribution < -0.4 is 0 Å². The van der Waals surface area contributed by atoms with E-state index in [4.69, 9.17) is 0 Å². The van der Waals surface area contributed by atoms with Crippen LogP contribution in [0, 0.1) is 0 Å². The van der Waals surface area contributed by atoms with Crippen molar-refractivity contribution in [2.24, 2.45) is 0 Å². The Morgan fingerprint density at radius 2 is 1.86 bits per heavy atom. The second-order valence-electron chi connectivity index (χ2n) is 6.90. The fourth-order valence-electron chi connectivity index (χ4n) is 3.67. The zero-order valence-corrected chi connectivity index (χ0v) is 17.1. The summed E-state index contributed by atoms with van der Waals surface area (Å²) in [6.07, 6.45) is 5.68. The molecule has 5 heteroatoms. The second kappa shape index (κ2) is 9.62. The van der Waals surface area contributed by atoms with E-state index in [0.29, 0.717) is 12.9 Å². The monoisotopic (exact) mass is 395 g/mol. The topological polar surface area (TPSA) is 46.6 Å². The van der Waals surface area contributed by atoms with E-state index in [-0.39, 0.29) is 5.78 Å². The van der Waals surface area contributed by atoms with Crippen molar-refractivity contribution in [2.45, 2.75) is 26.2 Å². The van der Waals surface area contributed by atoms with Gasteiger partial charge in [0.1, 0.15) is 0 Å². The molecule has 0 atom stereocenters. The molecule has 4 rings (SSSR count). The highest BCUT2D eigenvalue weighted by molar-refractivity contribution is 7.12. The Hall–Kier alpha value is -2.50. The van der Waals surface area contributed by atoms with Gasteiger partial charge in [0.25, 0.3) is 6.47 Å². The van der Waals surface area contributed by atoms with Crippen molar-refractivity contribution in [1.29, 1.82) is 0 Å². The molecular weight excluding hydrogens is 370 g/mol. The molecular formula is C23H25NO3S. The van der Waals surface area contributed by atoms with Crippen LogP contribution in [0.4, 0.5) is 0 Å². The SMILES string of the molecule is C/C=C/OC=O.CN1CCC(=C2c3ccccc3CC(=O)c3sccc32)CC1. The Kier molecular flexibility index (Phi) is 6.95. The van der Waals surface area contributed by atoms with E-state index in [1.165, 1.54) is 34.1 Å². The van der Waals surface area contributed by atoms with Crippen LogP contribution in [0.5, 0.6) is 0 Å². The van der Waals surface area contributed by atoms with Gasteiger partial charge in [-0.1, -0.05) is 35.9 Å². The van der Waals surface area contributed by atoms with E-state index in [9.17, 15) is 9.59 Å². The summed E-state index contributed by atoms with van der Waals surface area (Å²) in [5.74, 6) is 0.265. The maximum Gasteiger partial charge on any atom is 0.297 e. The minimum Gasteiger partial charge on any atom is -0.437 e. The first-order valence-electron chi connectivity index (χ1n) is 9.45. The summed E-state index contributed by atoms with van der Waals surface area (Å²) in [6, 6.07) is 10.6. The molecule has 0 saturated carbocycles. The summed E-state index contributed by atoms with van der Waals surface area (Å²) >= 11 is 1.59. The van der Waals surface area contributed by atoms with E-state index in [1.807, 2.05) is 6.07 Å². The molecule has 1 fully saturated rings. The Balaban J connectivity index is 0.000000330. The molecule has 146 valence electrons. The Morgan fingerprint density at radius 3 is 2.54 bits per heavy atom. The lowest BCUT2D eigenvalue weighted by atomic mass is 9.88. The highest BCUT2D eigenvalue weighted by Gasteiger charge is 2.27. The van der Waals surface area contributed by atoms with Gasteiger partial charge >= 0.3 is 0 Å². The maximum absolute atomic E-state index is 12.6. The molecule has 1 aliphatic heterocycles. The van der Waals surface area contributed by atoms with Crippen LogP contribution >= 0.6 is 11.3 Å². The number of allylic oxidation sites excluding steroid dienone is 1. The number of carbonyl (C=O) groups is 2. The largest absolute Gasteiger partial charge is 0.437 e. The van der Waals surface area contributed by atoms with Crippen LogP contribution in [-0.4, -0.2) is 37.3 Å². The fraction of sp³-hybridized carbons (Fsp3) is 0.304. The lowest BCUT2D eigenvalue weighted by Crippen LogP contribution is -2.27. The van der Waals surface area contributed by atoms with Gasteiger partial charge in [0.15, 0.2) is 5.78 Å². The van der Waals surface area contributed by atoms with E-state index in [1.54, 1.807) is 24.3 Å². The van der Waals surface area contributed by atoms with Gasteiger partial charge in [-0.3, -0.25) is 9.59 Å². The molecule has 0 spiro atoms. The molecule has 0 bridgehead atoms. The molecule has 2 aromatic rings. The van der Waals surface area contributed by atoms with Crippen molar-refractivity contribution >= 4 is 29.2 Å². The molecule has 2 heterocycles. The molecule has 1 saturated heterocycles. The van der Waals surface area contributed by atoms with Crippen LogP contribution in [0.2, 0.25) is 0 Å². The van der Waals surface area contributed by atoms with Crippen LogP contribution in [-0.2, 0) is 16.0 Å². The van der Waals surface area contributed by atoms with Crippen molar-refractivity contribution in [3.8, 4) is 0 Å². The highest BCUT2D eigenvalue weighted by Crippen LogP contribution is 2.40. The smallest absolute Gasteiger partial charge is 0.297 e. The van der Waals surface area contributed by atoms with Gasteiger partial charge in [-0.2, -0.15) is 0 Å². The third-order valence-corrected chi connectivity index (χ3v) is 6.00. The molecule has 0 unspecified atom stereocenters. The van der Waals surface area contributed by atoms with Crippen LogP contribution in [0.3, 0.4) is 0 Å². The van der Waals surface area contributed by atoms with Gasteiger partial charge in [0.2, 0.25) is 0 Å². The Morgan fingerprint density at radius 1 is 1.11 bits per heavy atom. The van der Waals surface area contributed by atoms with Gasteiger partial charge in [-0.25, -0.2) is 0 Å². The molecule has 4 nitrogen and oxygen atoms in total. The van der Waals surface area contributed by atoms with E-state index in [0.717, 1.165) is 30.8 Å². The normalized spacial score (nSPS) is 16.7. The average molecular weight is 396 g/mol.